The number of aliphatic hydroxyl groups is 1. The first kappa shape index (κ1) is 13.1. The predicted octanol–water partition coefficient (Wildman–Crippen LogP) is 4.86. The highest BCUT2D eigenvalue weighted by atomic mass is 79.9. The molecular weight excluding hydrogens is 320 g/mol. The van der Waals surface area contributed by atoms with Crippen LogP contribution in [0.1, 0.15) is 27.0 Å². The van der Waals surface area contributed by atoms with Crippen molar-refractivity contribution in [3.05, 3.63) is 54.6 Å². The summed E-state index contributed by atoms with van der Waals surface area (Å²) in [6, 6.07) is 7.54. The molecule has 1 N–H and O–H groups in total. The standard InChI is InChI=1S/C13H12BrClOS/c1-7-5-8(2)17-13(7)12(16)10-4-3-9(15)6-11(10)14/h3-6,12,16H,1-2H3. The van der Waals surface area contributed by atoms with Crippen LogP contribution in [0.15, 0.2) is 28.7 Å². The summed E-state index contributed by atoms with van der Waals surface area (Å²) in [5, 5.41) is 11.1. The van der Waals surface area contributed by atoms with Crippen molar-refractivity contribution in [1.82, 2.24) is 0 Å². The first-order valence-electron chi connectivity index (χ1n) is 5.19. The van der Waals surface area contributed by atoms with Crippen LogP contribution >= 0.6 is 38.9 Å². The van der Waals surface area contributed by atoms with Gasteiger partial charge in [0.05, 0.1) is 0 Å². The summed E-state index contributed by atoms with van der Waals surface area (Å²) < 4.78 is 0.836. The molecule has 0 bridgehead atoms. The smallest absolute Gasteiger partial charge is 0.115 e. The number of thiophene rings is 1. The van der Waals surface area contributed by atoms with Crippen LogP contribution in [0.5, 0.6) is 0 Å². The molecule has 90 valence electrons. The molecule has 0 aliphatic rings. The second-order valence-electron chi connectivity index (χ2n) is 3.97. The molecule has 0 aliphatic carbocycles. The number of hydrogen-bond donors (Lipinski definition) is 1. The van der Waals surface area contributed by atoms with E-state index in [0.717, 1.165) is 20.5 Å². The molecule has 1 nitrogen and oxygen atoms in total. The van der Waals surface area contributed by atoms with E-state index in [4.69, 9.17) is 11.6 Å². The highest BCUT2D eigenvalue weighted by Crippen LogP contribution is 2.35. The maximum absolute atomic E-state index is 10.4. The summed E-state index contributed by atoms with van der Waals surface area (Å²) in [6.45, 7) is 4.07. The van der Waals surface area contributed by atoms with Crippen molar-refractivity contribution in [1.29, 1.82) is 0 Å². The van der Waals surface area contributed by atoms with Gasteiger partial charge in [-0.1, -0.05) is 33.6 Å². The van der Waals surface area contributed by atoms with Gasteiger partial charge >= 0.3 is 0 Å². The van der Waals surface area contributed by atoms with Crippen LogP contribution in [0, 0.1) is 13.8 Å². The molecule has 1 heterocycles. The molecule has 0 amide bonds. The monoisotopic (exact) mass is 330 g/mol. The van der Waals surface area contributed by atoms with E-state index in [-0.39, 0.29) is 0 Å². The van der Waals surface area contributed by atoms with Crippen molar-refractivity contribution in [3.8, 4) is 0 Å². The SMILES string of the molecule is Cc1cc(C)c(C(O)c2ccc(Cl)cc2Br)s1. The Bertz CT molecular complexity index is 550. The lowest BCUT2D eigenvalue weighted by Gasteiger charge is -2.12. The molecule has 1 aromatic heterocycles. The number of halogens is 2. The first-order chi connectivity index (χ1) is 7.99. The number of rotatable bonds is 2. The summed E-state index contributed by atoms with van der Waals surface area (Å²) in [6.07, 6.45) is -0.597. The van der Waals surface area contributed by atoms with Crippen LogP contribution in [0.2, 0.25) is 5.02 Å². The van der Waals surface area contributed by atoms with E-state index < -0.39 is 6.10 Å². The van der Waals surface area contributed by atoms with Gasteiger partial charge in [0, 0.05) is 24.8 Å². The van der Waals surface area contributed by atoms with Crippen LogP contribution in [0.25, 0.3) is 0 Å². The highest BCUT2D eigenvalue weighted by Gasteiger charge is 2.18. The Balaban J connectivity index is 2.43. The van der Waals surface area contributed by atoms with Crippen molar-refractivity contribution < 1.29 is 5.11 Å². The Morgan fingerprint density at radius 3 is 2.53 bits per heavy atom. The van der Waals surface area contributed by atoms with Gasteiger partial charge in [-0.15, -0.1) is 11.3 Å². The van der Waals surface area contributed by atoms with E-state index in [1.54, 1.807) is 23.5 Å². The van der Waals surface area contributed by atoms with Gasteiger partial charge in [-0.25, -0.2) is 0 Å². The van der Waals surface area contributed by atoms with Gasteiger partial charge < -0.3 is 5.11 Å². The zero-order valence-electron chi connectivity index (χ0n) is 9.50. The van der Waals surface area contributed by atoms with Gasteiger partial charge in [-0.2, -0.15) is 0 Å². The van der Waals surface area contributed by atoms with Gasteiger partial charge in [0.25, 0.3) is 0 Å². The minimum absolute atomic E-state index is 0.597. The maximum Gasteiger partial charge on any atom is 0.115 e. The quantitative estimate of drug-likeness (QED) is 0.833. The molecule has 0 saturated carbocycles. The Morgan fingerprint density at radius 2 is 2.00 bits per heavy atom. The third-order valence-corrected chi connectivity index (χ3v) is 4.71. The van der Waals surface area contributed by atoms with E-state index >= 15 is 0 Å². The van der Waals surface area contributed by atoms with Crippen LogP contribution in [-0.4, -0.2) is 5.11 Å². The zero-order valence-corrected chi connectivity index (χ0v) is 12.7. The van der Waals surface area contributed by atoms with Gasteiger partial charge in [0.15, 0.2) is 0 Å². The largest absolute Gasteiger partial charge is 0.383 e. The molecule has 0 spiro atoms. The minimum atomic E-state index is -0.597. The fourth-order valence-corrected chi connectivity index (χ4v) is 3.74. The summed E-state index contributed by atoms with van der Waals surface area (Å²) >= 11 is 11.0. The van der Waals surface area contributed by atoms with Crippen molar-refractivity contribution >= 4 is 38.9 Å². The molecule has 1 unspecified atom stereocenters. The van der Waals surface area contributed by atoms with Crippen molar-refractivity contribution in [2.75, 3.05) is 0 Å². The molecule has 1 aromatic carbocycles. The number of benzene rings is 1. The summed E-state index contributed by atoms with van der Waals surface area (Å²) in [4.78, 5) is 2.20. The normalized spacial score (nSPS) is 12.8. The second-order valence-corrected chi connectivity index (χ2v) is 6.55. The topological polar surface area (TPSA) is 20.2 Å². The Morgan fingerprint density at radius 1 is 1.29 bits per heavy atom. The molecule has 0 radical (unpaired) electrons. The Kier molecular flexibility index (Phi) is 3.93. The molecule has 2 aromatic rings. The van der Waals surface area contributed by atoms with Gasteiger partial charge in [-0.3, -0.25) is 0 Å². The second kappa shape index (κ2) is 5.11. The molecule has 0 aliphatic heterocycles. The fraction of sp³-hybridized carbons (Fsp3) is 0.231. The zero-order chi connectivity index (χ0) is 12.6. The van der Waals surface area contributed by atoms with Gasteiger partial charge in [0.1, 0.15) is 6.10 Å². The van der Waals surface area contributed by atoms with E-state index in [0.29, 0.717) is 5.02 Å². The van der Waals surface area contributed by atoms with Crippen LogP contribution < -0.4 is 0 Å². The third kappa shape index (κ3) is 2.74. The minimum Gasteiger partial charge on any atom is -0.383 e. The molecule has 2 rings (SSSR count). The van der Waals surface area contributed by atoms with Crippen molar-refractivity contribution in [2.24, 2.45) is 0 Å². The van der Waals surface area contributed by atoms with Crippen LogP contribution in [-0.2, 0) is 0 Å². The Hall–Kier alpha value is -0.350. The number of hydrogen-bond acceptors (Lipinski definition) is 2. The molecule has 17 heavy (non-hydrogen) atoms. The third-order valence-electron chi connectivity index (χ3n) is 2.58. The average Bonchev–Trinajstić information content (AvgIpc) is 2.57. The van der Waals surface area contributed by atoms with E-state index in [1.165, 1.54) is 4.88 Å². The summed E-state index contributed by atoms with van der Waals surface area (Å²) in [7, 11) is 0. The fourth-order valence-electron chi connectivity index (χ4n) is 1.80. The summed E-state index contributed by atoms with van der Waals surface area (Å²) in [5.74, 6) is 0. The van der Waals surface area contributed by atoms with Crippen molar-refractivity contribution in [2.45, 2.75) is 20.0 Å². The van der Waals surface area contributed by atoms with E-state index in [2.05, 4.69) is 22.0 Å². The molecule has 0 fully saturated rings. The van der Waals surface area contributed by atoms with Crippen molar-refractivity contribution in [3.63, 3.8) is 0 Å². The highest BCUT2D eigenvalue weighted by molar-refractivity contribution is 9.10. The lowest BCUT2D eigenvalue weighted by molar-refractivity contribution is 0.222. The predicted molar refractivity (Wildman–Crippen MR) is 77.0 cm³/mol. The van der Waals surface area contributed by atoms with Crippen LogP contribution in [0.3, 0.4) is 0 Å². The molecule has 0 saturated heterocycles. The molecule has 4 heteroatoms. The summed E-state index contributed by atoms with van der Waals surface area (Å²) in [5.41, 5.74) is 1.97. The lowest BCUT2D eigenvalue weighted by Crippen LogP contribution is -1.99. The van der Waals surface area contributed by atoms with Gasteiger partial charge in [0.2, 0.25) is 0 Å². The lowest BCUT2D eigenvalue weighted by atomic mass is 10.1. The van der Waals surface area contributed by atoms with E-state index in [1.807, 2.05) is 19.9 Å². The van der Waals surface area contributed by atoms with Gasteiger partial charge in [-0.05, 0) is 37.6 Å². The van der Waals surface area contributed by atoms with E-state index in [9.17, 15) is 5.11 Å². The molecule has 1 atom stereocenters. The number of aryl methyl sites for hydroxylation is 2. The molecular formula is C13H12BrClOS. The first-order valence-corrected chi connectivity index (χ1v) is 7.17. The average molecular weight is 332 g/mol. The maximum atomic E-state index is 10.4. The number of aliphatic hydroxyl groups excluding tert-OH is 1. The van der Waals surface area contributed by atoms with Crippen LogP contribution in [0.4, 0.5) is 0 Å². The Labute approximate surface area is 118 Å².